The number of fused-ring (bicyclic) bond motifs is 2. The summed E-state index contributed by atoms with van der Waals surface area (Å²) in [5.41, 5.74) is 4.67. The molecule has 0 spiro atoms. The minimum Gasteiger partial charge on any atom is -0.508 e. The van der Waals surface area contributed by atoms with Crippen molar-refractivity contribution in [2.24, 2.45) is 5.41 Å². The minimum atomic E-state index is -0.995. The summed E-state index contributed by atoms with van der Waals surface area (Å²) in [6.07, 6.45) is 2.11. The number of piperazine rings is 1. The van der Waals surface area contributed by atoms with Crippen molar-refractivity contribution in [1.82, 2.24) is 35.4 Å². The molecule has 4 aromatic carbocycles. The van der Waals surface area contributed by atoms with Crippen molar-refractivity contribution in [2.45, 2.75) is 84.5 Å². The van der Waals surface area contributed by atoms with E-state index in [-0.39, 0.29) is 72.5 Å². The van der Waals surface area contributed by atoms with Crippen LogP contribution in [0.1, 0.15) is 70.7 Å². The number of aromatic hydroxyl groups is 1. The molecule has 0 bridgehead atoms. The number of hydrogen-bond acceptors (Lipinski definition) is 13. The van der Waals surface area contributed by atoms with Crippen LogP contribution >= 0.6 is 22.9 Å². The van der Waals surface area contributed by atoms with Gasteiger partial charge in [0.1, 0.15) is 42.1 Å². The number of ether oxygens (including phenoxy) is 2. The summed E-state index contributed by atoms with van der Waals surface area (Å²) in [5, 5.41) is 29.0. The van der Waals surface area contributed by atoms with Crippen LogP contribution in [0.4, 0.5) is 10.2 Å². The number of aromatic nitrogens is 3. The van der Waals surface area contributed by atoms with Crippen molar-refractivity contribution in [1.29, 1.82) is 0 Å². The summed E-state index contributed by atoms with van der Waals surface area (Å²) in [4.78, 5) is 73.3. The lowest BCUT2D eigenvalue weighted by molar-refractivity contribution is -0.144. The molecule has 8 rings (SSSR count). The Balaban J connectivity index is 0.734. The lowest BCUT2D eigenvalue weighted by Gasteiger charge is -2.36. The number of aliphatic hydroxyl groups is 1. The summed E-state index contributed by atoms with van der Waals surface area (Å²) in [6, 6.07) is 17.8. The summed E-state index contributed by atoms with van der Waals surface area (Å²) in [7, 11) is 0. The molecular formula is C54H62ClFN8O8S. The van der Waals surface area contributed by atoms with E-state index in [1.807, 2.05) is 98.5 Å². The molecule has 0 saturated carbocycles. The van der Waals surface area contributed by atoms with Gasteiger partial charge in [0.2, 0.25) is 23.6 Å². The van der Waals surface area contributed by atoms with Crippen LogP contribution in [0, 0.1) is 18.2 Å². The Kier molecular flexibility index (Phi) is 16.9. The second-order valence-corrected chi connectivity index (χ2v) is 21.0. The first-order chi connectivity index (χ1) is 35.0. The second kappa shape index (κ2) is 23.3. The Hall–Kier alpha value is -6.31. The fraction of sp³-hybridized carbons (Fsp3) is 0.426. The largest absolute Gasteiger partial charge is 0.508 e. The lowest BCUT2D eigenvalue weighted by atomic mass is 9.85. The van der Waals surface area contributed by atoms with Crippen LogP contribution in [0.2, 0.25) is 5.02 Å². The van der Waals surface area contributed by atoms with Gasteiger partial charge in [-0.3, -0.25) is 19.2 Å². The molecule has 4 amide bonds. The van der Waals surface area contributed by atoms with Gasteiger partial charge < -0.3 is 45.0 Å². The van der Waals surface area contributed by atoms with E-state index in [0.29, 0.717) is 68.8 Å². The molecule has 2 aromatic heterocycles. The van der Waals surface area contributed by atoms with E-state index in [1.54, 1.807) is 23.5 Å². The summed E-state index contributed by atoms with van der Waals surface area (Å²) in [5.74, 6) is -1.42. The highest BCUT2D eigenvalue weighted by molar-refractivity contribution is 7.13. The molecule has 0 radical (unpaired) electrons. The maximum absolute atomic E-state index is 16.3. The zero-order chi connectivity index (χ0) is 52.0. The summed E-state index contributed by atoms with van der Waals surface area (Å²) >= 11 is 8.35. The van der Waals surface area contributed by atoms with Crippen LogP contribution in [0.15, 0.2) is 78.6 Å². The zero-order valence-corrected chi connectivity index (χ0v) is 43.3. The number of phenols is 1. The average molecular weight is 1040 g/mol. The normalized spacial score (nSPS) is 17.0. The number of anilines is 1. The van der Waals surface area contributed by atoms with Gasteiger partial charge in [-0.15, -0.1) is 11.3 Å². The van der Waals surface area contributed by atoms with Crippen LogP contribution in [0.3, 0.4) is 0 Å². The van der Waals surface area contributed by atoms with Crippen molar-refractivity contribution in [2.75, 3.05) is 64.1 Å². The maximum atomic E-state index is 16.3. The van der Waals surface area contributed by atoms with Crippen molar-refractivity contribution < 1.29 is 43.3 Å². The third kappa shape index (κ3) is 12.4. The fourth-order valence-corrected chi connectivity index (χ4v) is 10.6. The highest BCUT2D eigenvalue weighted by Gasteiger charge is 2.45. The molecule has 2 fully saturated rings. The van der Waals surface area contributed by atoms with Gasteiger partial charge in [0.05, 0.1) is 46.5 Å². The monoisotopic (exact) mass is 1040 g/mol. The van der Waals surface area contributed by atoms with Gasteiger partial charge >= 0.3 is 0 Å². The molecule has 2 aliphatic heterocycles. The van der Waals surface area contributed by atoms with Crippen molar-refractivity contribution in [3.05, 3.63) is 101 Å². The number of hydrogen-bond donors (Lipinski definition) is 4. The van der Waals surface area contributed by atoms with Crippen molar-refractivity contribution >= 4 is 74.1 Å². The van der Waals surface area contributed by atoms with Crippen molar-refractivity contribution in [3.8, 4) is 27.3 Å². The number of carbonyl (C=O) groups is 4. The van der Waals surface area contributed by atoms with E-state index in [4.69, 9.17) is 21.1 Å². The number of β-amino-alcohol motifs (C(OH)–C–C–N with tert-alkyl or cyclic N) is 1. The molecule has 73 heavy (non-hydrogen) atoms. The average Bonchev–Trinajstić information content (AvgIpc) is 3.99. The van der Waals surface area contributed by atoms with Gasteiger partial charge in [0.25, 0.3) is 0 Å². The predicted octanol–water partition coefficient (Wildman–Crippen LogP) is 7.60. The number of unbranched alkanes of at least 4 members (excludes halogenated alkanes) is 1. The van der Waals surface area contributed by atoms with Gasteiger partial charge in [-0.2, -0.15) is 0 Å². The Morgan fingerprint density at radius 2 is 1.66 bits per heavy atom. The smallest absolute Gasteiger partial charge is 0.246 e. The van der Waals surface area contributed by atoms with E-state index >= 15 is 4.39 Å². The maximum Gasteiger partial charge on any atom is 0.246 e. The molecule has 16 nitrogen and oxygen atoms in total. The molecule has 4 N–H and O–H groups in total. The van der Waals surface area contributed by atoms with Gasteiger partial charge in [-0.05, 0) is 77.8 Å². The van der Waals surface area contributed by atoms with Crippen LogP contribution in [-0.4, -0.2) is 136 Å². The standard InChI is InChI=1S/C54H62ClFN8O8S/c1-32(34-13-15-35(16-14-34)49-33(2)59-31-73-49)60-52(69)43-26-38(66)28-64(43)53(70)50(54(3,4)5)61-44(67)29-72-23-22-71-21-9-8-12-45(68)62-17-19-63(20-18-62)51-41-27-42(55)46(47(56)48(41)57-30-58-51)40-25-37(65)24-36-10-6-7-11-39(36)40/h6-7,10-11,13-16,24-25,27,30-32,38,43,50,65-66H,8-9,12,17-23,26,28-29H2,1-5H3,(H,60,69)(H,61,67)/t32-,38+,43-,50+/m0/s1. The quantitative estimate of drug-likeness (QED) is 0.0616. The number of amides is 4. The fourth-order valence-electron chi connectivity index (χ4n) is 9.53. The van der Waals surface area contributed by atoms with Crippen LogP contribution < -0.4 is 15.5 Å². The first-order valence-corrected chi connectivity index (χ1v) is 25.9. The van der Waals surface area contributed by atoms with E-state index in [0.717, 1.165) is 32.5 Å². The SMILES string of the molecule is Cc1ncsc1-c1ccc([C@H](C)NC(=O)[C@@H]2C[C@@H](O)CN2C(=O)[C@@H](NC(=O)COCCOCCCCC(=O)N2CCN(c3ncnc4c(F)c(-c5cc(O)cc6ccccc56)c(Cl)cc34)CC2)C(C)(C)C)cc1. The number of rotatable bonds is 18. The molecule has 386 valence electrons. The van der Waals surface area contributed by atoms with Gasteiger partial charge in [0, 0.05) is 63.1 Å². The topological polar surface area (TPSA) is 200 Å². The third-order valence-corrected chi connectivity index (χ3v) is 14.7. The van der Waals surface area contributed by atoms with Gasteiger partial charge in [0.15, 0.2) is 5.82 Å². The first-order valence-electron chi connectivity index (χ1n) is 24.6. The number of nitrogens with zero attached hydrogens (tertiary/aromatic N) is 6. The second-order valence-electron chi connectivity index (χ2n) is 19.7. The molecule has 4 atom stereocenters. The highest BCUT2D eigenvalue weighted by atomic mass is 35.5. The molecule has 2 aliphatic rings. The zero-order valence-electron chi connectivity index (χ0n) is 41.7. The van der Waals surface area contributed by atoms with E-state index < -0.39 is 41.2 Å². The number of thiazole rings is 1. The van der Waals surface area contributed by atoms with E-state index in [1.165, 1.54) is 17.3 Å². The molecule has 6 aromatic rings. The number of carbonyl (C=O) groups excluding carboxylic acids is 4. The summed E-state index contributed by atoms with van der Waals surface area (Å²) < 4.78 is 27.6. The van der Waals surface area contributed by atoms with Gasteiger partial charge in [-0.1, -0.05) is 80.9 Å². The predicted molar refractivity (Wildman–Crippen MR) is 280 cm³/mol. The number of halogens is 2. The lowest BCUT2D eigenvalue weighted by Crippen LogP contribution is -2.58. The number of phenolic OH excluding ortho intramolecular Hbond substituents is 1. The number of aliphatic hydroxyl groups excluding tert-OH is 1. The van der Waals surface area contributed by atoms with E-state index in [2.05, 4.69) is 25.6 Å². The molecule has 4 heterocycles. The third-order valence-electron chi connectivity index (χ3n) is 13.4. The number of nitrogens with one attached hydrogen (secondary N) is 2. The highest BCUT2D eigenvalue weighted by Crippen LogP contribution is 2.42. The van der Waals surface area contributed by atoms with Crippen molar-refractivity contribution in [3.63, 3.8) is 0 Å². The summed E-state index contributed by atoms with van der Waals surface area (Å²) in [6.45, 7) is 11.6. The molecule has 0 unspecified atom stereocenters. The molecular weight excluding hydrogens is 975 g/mol. The first kappa shape index (κ1) is 53.0. The van der Waals surface area contributed by atoms with Crippen LogP contribution in [0.25, 0.3) is 43.2 Å². The molecule has 2 saturated heterocycles. The van der Waals surface area contributed by atoms with Gasteiger partial charge in [-0.25, -0.2) is 19.3 Å². The Bertz CT molecular complexity index is 2960. The molecule has 19 heteroatoms. The molecule has 0 aliphatic carbocycles. The number of benzene rings is 4. The minimum absolute atomic E-state index is 0.00720. The Labute approximate surface area is 432 Å². The Morgan fingerprint density at radius 3 is 2.38 bits per heavy atom. The van der Waals surface area contributed by atoms with Crippen LogP contribution in [-0.2, 0) is 28.7 Å². The van der Waals surface area contributed by atoms with Crippen LogP contribution in [0.5, 0.6) is 5.75 Å². The van der Waals surface area contributed by atoms with E-state index in [9.17, 15) is 29.4 Å². The number of aryl methyl sites for hydroxylation is 1. The Morgan fingerprint density at radius 1 is 0.918 bits per heavy atom. The number of likely N-dealkylation sites (tertiary alicyclic amines) is 1.